The van der Waals surface area contributed by atoms with E-state index >= 15 is 0 Å². The molecule has 0 radical (unpaired) electrons. The van der Waals surface area contributed by atoms with Crippen LogP contribution >= 0.6 is 0 Å². The number of benzene rings is 2. The molecule has 1 heterocycles. The van der Waals surface area contributed by atoms with Crippen LogP contribution in [0.5, 0.6) is 0 Å². The highest BCUT2D eigenvalue weighted by atomic mass is 16.6. The molecule has 13 nitrogen and oxygen atoms in total. The third kappa shape index (κ3) is 5.53. The molecule has 51 heavy (non-hydrogen) atoms. The van der Waals surface area contributed by atoms with Gasteiger partial charge in [0.05, 0.1) is 35.6 Å². The second kappa shape index (κ2) is 12.9. The Morgan fingerprint density at radius 3 is 2.16 bits per heavy atom. The zero-order valence-corrected chi connectivity index (χ0v) is 29.1. The fourth-order valence-electron chi connectivity index (χ4n) is 8.99. The Kier molecular flexibility index (Phi) is 9.31. The standard InChI is InChI=1S/C38H45NO12/c1-19-23(49-34(46)29(43)27(39)21-12-8-6-9-13-21)17-38(47)32(50-33(45)22-14-10-7-11-15-22)30-36(5,31(44)28(42)26(19)35(38,3)4)24(41)16-25-37(30,18-48-25)51-20(2)40/h6-15,23-25,27-30,32,41-43,47H,16-18,39H2,1-5H3/t23-,24-,25+,27+,28+,29+,30?,32-,36+,37-,38+/m0/s1. The summed E-state index contributed by atoms with van der Waals surface area (Å²) >= 11 is 0. The van der Waals surface area contributed by atoms with Crippen molar-refractivity contribution in [3.63, 3.8) is 0 Å². The lowest BCUT2D eigenvalue weighted by Gasteiger charge is -2.67. The number of ether oxygens (including phenoxy) is 4. The number of rotatable bonds is 7. The van der Waals surface area contributed by atoms with Gasteiger partial charge in [0.1, 0.15) is 30.0 Å². The highest BCUT2D eigenvalue weighted by Gasteiger charge is 2.78. The monoisotopic (exact) mass is 707 g/mol. The summed E-state index contributed by atoms with van der Waals surface area (Å²) in [6, 6.07) is 15.2. The molecule has 4 aliphatic rings. The summed E-state index contributed by atoms with van der Waals surface area (Å²) in [7, 11) is 0. The van der Waals surface area contributed by atoms with E-state index in [-0.39, 0.29) is 29.7 Å². The Bertz CT molecular complexity index is 1750. The molecule has 11 atom stereocenters. The van der Waals surface area contributed by atoms with Crippen molar-refractivity contribution in [2.24, 2.45) is 22.5 Å². The SMILES string of the molecule is CC(=O)O[C@@]12CO[C@@H]1C[C@H](O)[C@@]1(C)C(=O)[C@H](O)C3=C(C)[C@@H](OC(=O)[C@H](O)[C@H](N)c4ccccc4)C[C@@](O)([C@@H](OC(=O)c4ccccc4)C12)C3(C)C. The first-order valence-corrected chi connectivity index (χ1v) is 17.0. The summed E-state index contributed by atoms with van der Waals surface area (Å²) in [5.74, 6) is -5.10. The summed E-state index contributed by atoms with van der Waals surface area (Å²) < 4.78 is 23.9. The summed E-state index contributed by atoms with van der Waals surface area (Å²) in [5, 5.41) is 48.0. The van der Waals surface area contributed by atoms with Gasteiger partial charge in [0.25, 0.3) is 0 Å². The van der Waals surface area contributed by atoms with Crippen molar-refractivity contribution >= 4 is 23.7 Å². The van der Waals surface area contributed by atoms with Gasteiger partial charge in [-0.15, -0.1) is 0 Å². The molecule has 3 aliphatic carbocycles. The van der Waals surface area contributed by atoms with Crippen LogP contribution in [0.25, 0.3) is 0 Å². The Labute approximate surface area is 295 Å². The largest absolute Gasteiger partial charge is 0.456 e. The van der Waals surface area contributed by atoms with E-state index in [4.69, 9.17) is 24.7 Å². The van der Waals surface area contributed by atoms with E-state index in [1.807, 2.05) is 0 Å². The molecule has 6 rings (SSSR count). The van der Waals surface area contributed by atoms with Crippen molar-refractivity contribution in [2.45, 2.75) is 101 Å². The Hall–Kier alpha value is -3.98. The Morgan fingerprint density at radius 1 is 0.980 bits per heavy atom. The highest BCUT2D eigenvalue weighted by molar-refractivity contribution is 5.94. The molecule has 1 unspecified atom stereocenters. The molecule has 0 spiro atoms. The molecule has 13 heteroatoms. The van der Waals surface area contributed by atoms with Gasteiger partial charge >= 0.3 is 17.9 Å². The molecule has 0 aromatic heterocycles. The second-order valence-electron chi connectivity index (χ2n) is 15.0. The van der Waals surface area contributed by atoms with Gasteiger partial charge in [0.15, 0.2) is 17.5 Å². The van der Waals surface area contributed by atoms with Crippen LogP contribution < -0.4 is 5.73 Å². The minimum Gasteiger partial charge on any atom is -0.456 e. The Morgan fingerprint density at radius 2 is 1.59 bits per heavy atom. The van der Waals surface area contributed by atoms with Gasteiger partial charge in [-0.1, -0.05) is 62.4 Å². The average Bonchev–Trinajstić information content (AvgIpc) is 3.09. The predicted molar refractivity (Wildman–Crippen MR) is 178 cm³/mol. The third-order valence-electron chi connectivity index (χ3n) is 11.9. The lowest BCUT2D eigenvalue weighted by atomic mass is 9.44. The molecule has 2 aromatic carbocycles. The number of carbonyl (C=O) groups excluding carboxylic acids is 4. The van der Waals surface area contributed by atoms with E-state index < -0.39 is 101 Å². The van der Waals surface area contributed by atoms with Crippen molar-refractivity contribution in [1.82, 2.24) is 0 Å². The summed E-state index contributed by atoms with van der Waals surface area (Å²) in [6.07, 6.45) is -9.94. The third-order valence-corrected chi connectivity index (χ3v) is 11.9. The number of Topliss-reactive ketones (excluding diaryl/α,β-unsaturated/α-hetero) is 1. The van der Waals surface area contributed by atoms with Gasteiger partial charge in [-0.3, -0.25) is 9.59 Å². The van der Waals surface area contributed by atoms with Gasteiger partial charge in [-0.25, -0.2) is 9.59 Å². The minimum absolute atomic E-state index is 0.0120. The Balaban J connectivity index is 1.53. The fourth-order valence-corrected chi connectivity index (χ4v) is 8.99. The number of fused-ring (bicyclic) bond motifs is 5. The van der Waals surface area contributed by atoms with Gasteiger partial charge in [-0.05, 0) is 42.7 Å². The number of aliphatic hydroxyl groups excluding tert-OH is 3. The molecule has 2 bridgehead atoms. The van der Waals surface area contributed by atoms with Crippen molar-refractivity contribution in [1.29, 1.82) is 0 Å². The first kappa shape index (κ1) is 36.8. The molecule has 3 fully saturated rings. The van der Waals surface area contributed by atoms with Crippen LogP contribution in [-0.4, -0.2) is 98.6 Å². The van der Waals surface area contributed by atoms with Crippen LogP contribution in [0.4, 0.5) is 0 Å². The number of carbonyl (C=O) groups is 4. The molecule has 1 saturated heterocycles. The molecule has 2 saturated carbocycles. The number of hydrogen-bond donors (Lipinski definition) is 5. The van der Waals surface area contributed by atoms with Crippen LogP contribution in [0.15, 0.2) is 71.8 Å². The normalized spacial score (nSPS) is 36.5. The van der Waals surface area contributed by atoms with Crippen molar-refractivity contribution < 1.29 is 58.6 Å². The van der Waals surface area contributed by atoms with Gasteiger partial charge in [0.2, 0.25) is 0 Å². The number of aliphatic hydroxyl groups is 4. The molecular weight excluding hydrogens is 662 g/mol. The van der Waals surface area contributed by atoms with E-state index in [2.05, 4.69) is 0 Å². The minimum atomic E-state index is -2.28. The number of esters is 3. The maximum Gasteiger partial charge on any atom is 0.338 e. The van der Waals surface area contributed by atoms with E-state index in [9.17, 15) is 39.6 Å². The highest BCUT2D eigenvalue weighted by Crippen LogP contribution is 2.64. The summed E-state index contributed by atoms with van der Waals surface area (Å²) in [4.78, 5) is 55.0. The molecule has 274 valence electrons. The van der Waals surface area contributed by atoms with Crippen molar-refractivity contribution in [3.8, 4) is 0 Å². The van der Waals surface area contributed by atoms with E-state index in [1.54, 1.807) is 62.4 Å². The molecule has 6 N–H and O–H groups in total. The van der Waals surface area contributed by atoms with Crippen LogP contribution in [0, 0.1) is 16.7 Å². The van der Waals surface area contributed by atoms with Gasteiger partial charge < -0.3 is 45.1 Å². The number of nitrogens with two attached hydrogens (primary N) is 1. The molecule has 2 aromatic rings. The van der Waals surface area contributed by atoms with E-state index in [0.29, 0.717) is 5.56 Å². The average molecular weight is 708 g/mol. The van der Waals surface area contributed by atoms with Crippen molar-refractivity contribution in [2.75, 3.05) is 6.61 Å². The summed E-state index contributed by atoms with van der Waals surface area (Å²) in [5.41, 5.74) is -0.496. The maximum absolute atomic E-state index is 14.8. The molecule has 0 amide bonds. The topological polar surface area (TPSA) is 212 Å². The van der Waals surface area contributed by atoms with Crippen molar-refractivity contribution in [3.05, 3.63) is 82.9 Å². The summed E-state index contributed by atoms with van der Waals surface area (Å²) in [6.45, 7) is 6.99. The van der Waals surface area contributed by atoms with Crippen LogP contribution in [0.3, 0.4) is 0 Å². The fraction of sp³-hybridized carbons (Fsp3) is 0.526. The van der Waals surface area contributed by atoms with E-state index in [1.165, 1.54) is 32.9 Å². The number of ketones is 1. The van der Waals surface area contributed by atoms with Crippen LogP contribution in [0.1, 0.15) is 69.4 Å². The zero-order chi connectivity index (χ0) is 37.3. The quantitative estimate of drug-likeness (QED) is 0.158. The molecule has 1 aliphatic heterocycles. The lowest BCUT2D eigenvalue weighted by molar-refractivity contribution is -0.346. The lowest BCUT2D eigenvalue weighted by Crippen LogP contribution is -2.81. The van der Waals surface area contributed by atoms with Crippen LogP contribution in [-0.2, 0) is 33.3 Å². The number of hydrogen-bond acceptors (Lipinski definition) is 13. The first-order chi connectivity index (χ1) is 23.9. The smallest absolute Gasteiger partial charge is 0.338 e. The zero-order valence-electron chi connectivity index (χ0n) is 29.1. The van der Waals surface area contributed by atoms with E-state index in [0.717, 1.165) is 0 Å². The maximum atomic E-state index is 14.8. The second-order valence-corrected chi connectivity index (χ2v) is 15.0. The predicted octanol–water partition coefficient (Wildman–Crippen LogP) is 1.69. The van der Waals surface area contributed by atoms with Gasteiger partial charge in [-0.2, -0.15) is 0 Å². The molecular formula is C38H45NO12. The van der Waals surface area contributed by atoms with Gasteiger partial charge in [0, 0.05) is 25.2 Å². The van der Waals surface area contributed by atoms with Crippen LogP contribution in [0.2, 0.25) is 0 Å². The first-order valence-electron chi connectivity index (χ1n) is 17.0.